The average Bonchev–Trinajstić information content (AvgIpc) is 2.82. The molecule has 1 aromatic heterocycles. The maximum atomic E-state index is 13.7. The number of anilines is 1. The van der Waals surface area contributed by atoms with Gasteiger partial charge in [-0.05, 0) is 41.5 Å². The number of hydrogen-bond donors (Lipinski definition) is 1. The summed E-state index contributed by atoms with van der Waals surface area (Å²) in [7, 11) is 0. The van der Waals surface area contributed by atoms with Crippen LogP contribution in [-0.4, -0.2) is 10.8 Å². The highest BCUT2D eigenvalue weighted by Crippen LogP contribution is 2.37. The maximum absolute atomic E-state index is 13.7. The van der Waals surface area contributed by atoms with Crippen LogP contribution in [0.25, 0.3) is 0 Å². The molecule has 0 radical (unpaired) electrons. The van der Waals surface area contributed by atoms with E-state index in [0.29, 0.717) is 15.6 Å². The van der Waals surface area contributed by atoms with Crippen LogP contribution in [0, 0.1) is 0 Å². The lowest BCUT2D eigenvalue weighted by molar-refractivity contribution is 0.0949. The second-order valence-corrected chi connectivity index (χ2v) is 7.97. The van der Waals surface area contributed by atoms with Crippen LogP contribution in [-0.2, 0) is 0 Å². The summed E-state index contributed by atoms with van der Waals surface area (Å²) in [6.45, 7) is 0. The third-order valence-electron chi connectivity index (χ3n) is 5.12. The van der Waals surface area contributed by atoms with Gasteiger partial charge in [-0.25, -0.2) is 0 Å². The molecule has 0 bridgehead atoms. The molecular formula is C26H20Cl2N2O. The zero-order valence-corrected chi connectivity index (χ0v) is 18.1. The summed E-state index contributed by atoms with van der Waals surface area (Å²) in [5.41, 5.74) is 3.24. The quantitative estimate of drug-likeness (QED) is 0.305. The second kappa shape index (κ2) is 9.78. The third kappa shape index (κ3) is 4.96. The lowest BCUT2D eigenvalue weighted by Crippen LogP contribution is -2.26. The predicted molar refractivity (Wildman–Crippen MR) is 127 cm³/mol. The number of Topliss-reactive ketones (excluding diaryl/α,β-unsaturated/α-hetero) is 1. The number of nitrogens with zero attached hydrogens (tertiary/aromatic N) is 1. The van der Waals surface area contributed by atoms with Gasteiger partial charge in [-0.2, -0.15) is 0 Å². The fraction of sp³-hybridized carbons (Fsp3) is 0.0769. The first-order valence-corrected chi connectivity index (χ1v) is 10.6. The van der Waals surface area contributed by atoms with Gasteiger partial charge in [-0.3, -0.25) is 9.78 Å². The van der Waals surface area contributed by atoms with Crippen LogP contribution in [0.15, 0.2) is 103 Å². The van der Waals surface area contributed by atoms with E-state index < -0.39 is 5.92 Å². The minimum absolute atomic E-state index is 0.0132. The SMILES string of the molecule is O=C(c1cccnc1)C(c1ccccc1)C(Nc1ccc(Cl)c(Cl)c1)c1ccccc1. The zero-order valence-electron chi connectivity index (χ0n) is 16.6. The molecule has 1 heterocycles. The first-order valence-electron chi connectivity index (χ1n) is 9.89. The van der Waals surface area contributed by atoms with Crippen LogP contribution in [0.2, 0.25) is 10.0 Å². The fourth-order valence-corrected chi connectivity index (χ4v) is 3.93. The lowest BCUT2D eigenvalue weighted by atomic mass is 9.81. The van der Waals surface area contributed by atoms with Crippen molar-refractivity contribution in [1.82, 2.24) is 4.98 Å². The molecule has 4 rings (SSSR count). The van der Waals surface area contributed by atoms with Gasteiger partial charge in [0, 0.05) is 23.6 Å². The minimum atomic E-state index is -0.484. The van der Waals surface area contributed by atoms with Crippen molar-refractivity contribution >= 4 is 34.7 Å². The van der Waals surface area contributed by atoms with E-state index in [2.05, 4.69) is 10.3 Å². The summed E-state index contributed by atoms with van der Waals surface area (Å²) in [4.78, 5) is 17.9. The van der Waals surface area contributed by atoms with Crippen LogP contribution in [0.4, 0.5) is 5.69 Å². The number of carbonyl (C=O) groups is 1. The molecule has 0 aliphatic rings. The molecule has 0 amide bonds. The summed E-state index contributed by atoms with van der Waals surface area (Å²) in [6.07, 6.45) is 3.27. The molecule has 0 aliphatic heterocycles. The summed E-state index contributed by atoms with van der Waals surface area (Å²) in [5, 5.41) is 4.46. The average molecular weight is 447 g/mol. The number of rotatable bonds is 7. The second-order valence-electron chi connectivity index (χ2n) is 7.16. The highest BCUT2D eigenvalue weighted by molar-refractivity contribution is 6.42. The Kier molecular flexibility index (Phi) is 6.66. The lowest BCUT2D eigenvalue weighted by Gasteiger charge is -2.29. The van der Waals surface area contributed by atoms with Gasteiger partial charge in [0.15, 0.2) is 5.78 Å². The molecule has 0 fully saturated rings. The van der Waals surface area contributed by atoms with Crippen molar-refractivity contribution in [2.24, 2.45) is 0 Å². The molecule has 3 aromatic carbocycles. The molecule has 1 N–H and O–H groups in total. The van der Waals surface area contributed by atoms with Crippen molar-refractivity contribution in [2.75, 3.05) is 5.32 Å². The molecule has 31 heavy (non-hydrogen) atoms. The number of carbonyl (C=O) groups excluding carboxylic acids is 1. The Hall–Kier alpha value is -3.14. The van der Waals surface area contributed by atoms with E-state index in [9.17, 15) is 4.79 Å². The minimum Gasteiger partial charge on any atom is -0.377 e. The summed E-state index contributed by atoms with van der Waals surface area (Å²) < 4.78 is 0. The first-order chi connectivity index (χ1) is 15.1. The van der Waals surface area contributed by atoms with Crippen molar-refractivity contribution < 1.29 is 4.79 Å². The zero-order chi connectivity index (χ0) is 21.6. The molecule has 4 aromatic rings. The van der Waals surface area contributed by atoms with Crippen molar-refractivity contribution in [2.45, 2.75) is 12.0 Å². The highest BCUT2D eigenvalue weighted by Gasteiger charge is 2.32. The van der Waals surface area contributed by atoms with Crippen molar-refractivity contribution in [3.05, 3.63) is 130 Å². The normalized spacial score (nSPS) is 12.7. The van der Waals surface area contributed by atoms with Crippen molar-refractivity contribution in [3.8, 4) is 0 Å². The van der Waals surface area contributed by atoms with Gasteiger partial charge in [0.05, 0.1) is 22.0 Å². The molecule has 154 valence electrons. The molecule has 2 atom stereocenters. The topological polar surface area (TPSA) is 42.0 Å². The molecule has 0 saturated heterocycles. The number of ketones is 1. The van der Waals surface area contributed by atoms with Crippen LogP contribution in [0.1, 0.15) is 33.4 Å². The maximum Gasteiger partial charge on any atom is 0.174 e. The number of pyridine rings is 1. The molecule has 2 unspecified atom stereocenters. The molecule has 0 aliphatic carbocycles. The van der Waals surface area contributed by atoms with Gasteiger partial charge < -0.3 is 5.32 Å². The predicted octanol–water partition coefficient (Wildman–Crippen LogP) is 7.21. The molecule has 0 spiro atoms. The van der Waals surface area contributed by atoms with E-state index in [1.54, 1.807) is 36.7 Å². The smallest absolute Gasteiger partial charge is 0.174 e. The van der Waals surface area contributed by atoms with Gasteiger partial charge in [0.2, 0.25) is 0 Å². The monoisotopic (exact) mass is 446 g/mol. The third-order valence-corrected chi connectivity index (χ3v) is 5.86. The Morgan fingerprint density at radius 1 is 0.774 bits per heavy atom. The van der Waals surface area contributed by atoms with Gasteiger partial charge >= 0.3 is 0 Å². The van der Waals surface area contributed by atoms with E-state index in [0.717, 1.165) is 16.8 Å². The van der Waals surface area contributed by atoms with Gasteiger partial charge in [-0.1, -0.05) is 83.9 Å². The Labute approximate surface area is 191 Å². The van der Waals surface area contributed by atoms with Gasteiger partial charge in [0.25, 0.3) is 0 Å². The van der Waals surface area contributed by atoms with Crippen molar-refractivity contribution in [3.63, 3.8) is 0 Å². The van der Waals surface area contributed by atoms with Crippen LogP contribution >= 0.6 is 23.2 Å². The van der Waals surface area contributed by atoms with E-state index in [1.165, 1.54) is 0 Å². The number of nitrogens with one attached hydrogen (secondary N) is 1. The van der Waals surface area contributed by atoms with Gasteiger partial charge in [0.1, 0.15) is 0 Å². The van der Waals surface area contributed by atoms with Crippen molar-refractivity contribution in [1.29, 1.82) is 0 Å². The number of benzene rings is 3. The molecule has 5 heteroatoms. The Balaban J connectivity index is 1.83. The standard InChI is InChI=1S/C26H20Cl2N2O/c27-22-14-13-21(16-23(22)28)30-25(19-10-5-2-6-11-19)24(18-8-3-1-4-9-18)26(31)20-12-7-15-29-17-20/h1-17,24-25,30H. The number of halogens is 2. The Morgan fingerprint density at radius 3 is 2.06 bits per heavy atom. The summed E-state index contributed by atoms with van der Waals surface area (Å²) in [5.74, 6) is -0.497. The number of aromatic nitrogens is 1. The number of hydrogen-bond acceptors (Lipinski definition) is 3. The van der Waals surface area contributed by atoms with E-state index >= 15 is 0 Å². The van der Waals surface area contributed by atoms with Crippen LogP contribution in [0.5, 0.6) is 0 Å². The first kappa shape index (κ1) is 21.1. The molecule has 3 nitrogen and oxygen atoms in total. The van der Waals surface area contributed by atoms with Crippen LogP contribution < -0.4 is 5.32 Å². The van der Waals surface area contributed by atoms with E-state index in [4.69, 9.17) is 23.2 Å². The Bertz CT molecular complexity index is 1150. The van der Waals surface area contributed by atoms with E-state index in [-0.39, 0.29) is 11.8 Å². The van der Waals surface area contributed by atoms with E-state index in [1.807, 2.05) is 66.7 Å². The van der Waals surface area contributed by atoms with Crippen LogP contribution in [0.3, 0.4) is 0 Å². The molecule has 0 saturated carbocycles. The van der Waals surface area contributed by atoms with Gasteiger partial charge in [-0.15, -0.1) is 0 Å². The fourth-order valence-electron chi connectivity index (χ4n) is 3.63. The summed E-state index contributed by atoms with van der Waals surface area (Å²) >= 11 is 12.4. The highest BCUT2D eigenvalue weighted by atomic mass is 35.5. The summed E-state index contributed by atoms with van der Waals surface area (Å²) in [6, 6.07) is 28.3. The Morgan fingerprint density at radius 2 is 1.45 bits per heavy atom. The molecular weight excluding hydrogens is 427 g/mol. The largest absolute Gasteiger partial charge is 0.377 e.